The minimum absolute atomic E-state index is 0.209. The molecule has 1 aliphatic carbocycles. The van der Waals surface area contributed by atoms with E-state index in [1.807, 2.05) is 0 Å². The predicted octanol–water partition coefficient (Wildman–Crippen LogP) is 2.86. The van der Waals surface area contributed by atoms with Crippen LogP contribution in [0.15, 0.2) is 10.7 Å². The van der Waals surface area contributed by atoms with Crippen LogP contribution in [-0.2, 0) is 0 Å². The minimum Gasteiger partial charge on any atom is -0.364 e. The molecule has 1 aliphatic rings. The molecule has 5 heteroatoms. The molecule has 1 aromatic rings. The fourth-order valence-electron chi connectivity index (χ4n) is 1.03. The van der Waals surface area contributed by atoms with Crippen LogP contribution in [0, 0.1) is 0 Å². The Labute approximate surface area is 90.0 Å². The van der Waals surface area contributed by atoms with E-state index in [0.717, 1.165) is 10.3 Å². The monoisotopic (exact) mass is 261 g/mol. The van der Waals surface area contributed by atoms with Gasteiger partial charge >= 0.3 is 0 Å². The second kappa shape index (κ2) is 3.10. The Morgan fingerprint density at radius 1 is 1.62 bits per heavy atom. The summed E-state index contributed by atoms with van der Waals surface area (Å²) in [5, 5.41) is 3.59. The Kier molecular flexibility index (Phi) is 2.20. The van der Waals surface area contributed by atoms with Gasteiger partial charge in [-0.05, 0) is 47.3 Å². The topological polar surface area (TPSA) is 37.8 Å². The number of anilines is 1. The summed E-state index contributed by atoms with van der Waals surface area (Å²) < 4.78 is 0.852. The number of rotatable bonds is 2. The van der Waals surface area contributed by atoms with Gasteiger partial charge in [0.2, 0.25) is 5.28 Å². The van der Waals surface area contributed by atoms with E-state index >= 15 is 0 Å². The molecule has 1 aromatic heterocycles. The molecule has 0 aromatic carbocycles. The van der Waals surface area contributed by atoms with E-state index < -0.39 is 0 Å². The Morgan fingerprint density at radius 3 is 2.92 bits per heavy atom. The number of nitrogens with zero attached hydrogens (tertiary/aromatic N) is 2. The zero-order valence-electron chi connectivity index (χ0n) is 7.14. The van der Waals surface area contributed by atoms with Crippen molar-refractivity contribution in [3.05, 3.63) is 16.0 Å². The molecule has 1 heterocycles. The highest BCUT2D eigenvalue weighted by Crippen LogP contribution is 2.39. The lowest BCUT2D eigenvalue weighted by Crippen LogP contribution is -2.17. The van der Waals surface area contributed by atoms with Crippen LogP contribution in [0.2, 0.25) is 5.28 Å². The maximum atomic E-state index is 5.68. The van der Waals surface area contributed by atoms with Gasteiger partial charge in [0.1, 0.15) is 5.82 Å². The Balaban J connectivity index is 2.23. The standard InChI is InChI=1S/C8H9BrClN3/c1-8(2-3-8)13-6-5(9)4-11-7(10)12-6/h4H,2-3H2,1H3,(H,11,12,13). The van der Waals surface area contributed by atoms with Gasteiger partial charge in [-0.25, -0.2) is 4.98 Å². The van der Waals surface area contributed by atoms with Crippen molar-refractivity contribution in [1.29, 1.82) is 0 Å². The highest BCUT2D eigenvalue weighted by molar-refractivity contribution is 9.10. The van der Waals surface area contributed by atoms with Crippen molar-refractivity contribution in [2.45, 2.75) is 25.3 Å². The highest BCUT2D eigenvalue weighted by atomic mass is 79.9. The van der Waals surface area contributed by atoms with Crippen molar-refractivity contribution in [2.75, 3.05) is 5.32 Å². The zero-order chi connectivity index (χ0) is 9.47. The van der Waals surface area contributed by atoms with Gasteiger partial charge in [-0.1, -0.05) is 0 Å². The Hall–Kier alpha value is -0.350. The maximum Gasteiger partial charge on any atom is 0.224 e. The second-order valence-corrected chi connectivity index (χ2v) is 4.71. The van der Waals surface area contributed by atoms with Gasteiger partial charge in [-0.2, -0.15) is 4.98 Å². The van der Waals surface area contributed by atoms with Crippen LogP contribution in [0.3, 0.4) is 0 Å². The first kappa shape index (κ1) is 9.21. The predicted molar refractivity (Wildman–Crippen MR) is 56.0 cm³/mol. The van der Waals surface area contributed by atoms with E-state index in [9.17, 15) is 0 Å². The van der Waals surface area contributed by atoms with Gasteiger partial charge in [0, 0.05) is 11.7 Å². The fraction of sp³-hybridized carbons (Fsp3) is 0.500. The van der Waals surface area contributed by atoms with E-state index in [1.165, 1.54) is 12.8 Å². The quantitative estimate of drug-likeness (QED) is 0.833. The SMILES string of the molecule is CC1(Nc2nc(Cl)ncc2Br)CC1. The first-order valence-corrected chi connectivity index (χ1v) is 5.22. The summed E-state index contributed by atoms with van der Waals surface area (Å²) in [6.07, 6.45) is 4.02. The van der Waals surface area contributed by atoms with Crippen LogP contribution < -0.4 is 5.32 Å². The molecular formula is C8H9BrClN3. The van der Waals surface area contributed by atoms with Crippen LogP contribution in [-0.4, -0.2) is 15.5 Å². The molecule has 1 N–H and O–H groups in total. The summed E-state index contributed by atoms with van der Waals surface area (Å²) in [4.78, 5) is 7.95. The maximum absolute atomic E-state index is 5.68. The summed E-state index contributed by atoms with van der Waals surface area (Å²) in [5.74, 6) is 0.778. The lowest BCUT2D eigenvalue weighted by Gasteiger charge is -2.12. The lowest BCUT2D eigenvalue weighted by molar-refractivity contribution is 0.817. The molecular weight excluding hydrogens is 253 g/mol. The van der Waals surface area contributed by atoms with Gasteiger partial charge in [0.15, 0.2) is 0 Å². The number of aromatic nitrogens is 2. The zero-order valence-corrected chi connectivity index (χ0v) is 9.48. The number of halogens is 2. The minimum atomic E-state index is 0.209. The summed E-state index contributed by atoms with van der Waals surface area (Å²) in [7, 11) is 0. The lowest BCUT2D eigenvalue weighted by atomic mass is 10.3. The average Bonchev–Trinajstić information content (AvgIpc) is 2.76. The number of hydrogen-bond donors (Lipinski definition) is 1. The van der Waals surface area contributed by atoms with Gasteiger partial charge in [0.25, 0.3) is 0 Å². The van der Waals surface area contributed by atoms with Gasteiger partial charge in [0.05, 0.1) is 4.47 Å². The third-order valence-corrected chi connectivity index (χ3v) is 2.90. The molecule has 70 valence electrons. The molecule has 0 amide bonds. The molecule has 0 spiro atoms. The van der Waals surface area contributed by atoms with Crippen molar-refractivity contribution in [2.24, 2.45) is 0 Å². The third-order valence-electron chi connectivity index (χ3n) is 2.13. The summed E-state index contributed by atoms with van der Waals surface area (Å²) in [6.45, 7) is 2.16. The highest BCUT2D eigenvalue weighted by Gasteiger charge is 2.37. The molecule has 0 unspecified atom stereocenters. The van der Waals surface area contributed by atoms with Crippen LogP contribution in [0.5, 0.6) is 0 Å². The largest absolute Gasteiger partial charge is 0.364 e. The Morgan fingerprint density at radius 2 is 2.31 bits per heavy atom. The molecule has 1 saturated carbocycles. The molecule has 13 heavy (non-hydrogen) atoms. The fourth-order valence-corrected chi connectivity index (χ4v) is 1.46. The van der Waals surface area contributed by atoms with Crippen LogP contribution in [0.1, 0.15) is 19.8 Å². The Bertz CT molecular complexity index is 338. The molecule has 0 atom stereocenters. The van der Waals surface area contributed by atoms with Crippen molar-refractivity contribution in [3.8, 4) is 0 Å². The van der Waals surface area contributed by atoms with Crippen molar-refractivity contribution < 1.29 is 0 Å². The van der Waals surface area contributed by atoms with Gasteiger partial charge < -0.3 is 5.32 Å². The number of hydrogen-bond acceptors (Lipinski definition) is 3. The summed E-state index contributed by atoms with van der Waals surface area (Å²) in [6, 6.07) is 0. The van der Waals surface area contributed by atoms with Crippen molar-refractivity contribution >= 4 is 33.3 Å². The van der Waals surface area contributed by atoms with E-state index in [2.05, 4.69) is 38.1 Å². The molecule has 3 nitrogen and oxygen atoms in total. The van der Waals surface area contributed by atoms with Gasteiger partial charge in [-0.3, -0.25) is 0 Å². The van der Waals surface area contributed by atoms with Crippen molar-refractivity contribution in [3.63, 3.8) is 0 Å². The molecule has 2 rings (SSSR count). The van der Waals surface area contributed by atoms with E-state index in [4.69, 9.17) is 11.6 Å². The molecule has 0 aliphatic heterocycles. The first-order chi connectivity index (χ1) is 6.09. The van der Waals surface area contributed by atoms with E-state index in [0.29, 0.717) is 0 Å². The van der Waals surface area contributed by atoms with Crippen LogP contribution >= 0.6 is 27.5 Å². The van der Waals surface area contributed by atoms with Crippen LogP contribution in [0.4, 0.5) is 5.82 Å². The second-order valence-electron chi connectivity index (χ2n) is 3.52. The number of nitrogens with one attached hydrogen (secondary N) is 1. The molecule has 0 bridgehead atoms. The van der Waals surface area contributed by atoms with Crippen molar-refractivity contribution in [1.82, 2.24) is 9.97 Å². The summed E-state index contributed by atoms with van der Waals surface area (Å²) >= 11 is 9.05. The van der Waals surface area contributed by atoms with Crippen LogP contribution in [0.25, 0.3) is 0 Å². The molecule has 0 radical (unpaired) electrons. The van der Waals surface area contributed by atoms with Gasteiger partial charge in [-0.15, -0.1) is 0 Å². The third kappa shape index (κ3) is 2.11. The molecule has 1 fully saturated rings. The molecule has 0 saturated heterocycles. The van der Waals surface area contributed by atoms with E-state index in [1.54, 1.807) is 6.20 Å². The van der Waals surface area contributed by atoms with E-state index in [-0.39, 0.29) is 10.8 Å². The first-order valence-electron chi connectivity index (χ1n) is 4.05. The smallest absolute Gasteiger partial charge is 0.224 e. The summed E-state index contributed by atoms with van der Waals surface area (Å²) in [5.41, 5.74) is 0.209. The average molecular weight is 263 g/mol. The normalized spacial score (nSPS) is 18.4.